The molecule has 2 aliphatic carbocycles. The summed E-state index contributed by atoms with van der Waals surface area (Å²) in [4.78, 5) is 84.1. The molecule has 0 spiro atoms. The first kappa shape index (κ1) is 43.9. The fourth-order valence-corrected chi connectivity index (χ4v) is 9.83. The fraction of sp³-hybridized carbons (Fsp3) is 0.707. The van der Waals surface area contributed by atoms with Crippen molar-refractivity contribution in [2.24, 2.45) is 17.1 Å². The molecule has 316 valence electrons. The summed E-state index contributed by atoms with van der Waals surface area (Å²) in [6.45, 7) is 10.8. The van der Waals surface area contributed by atoms with Gasteiger partial charge in [-0.25, -0.2) is 18.0 Å². The number of nitrogens with one attached hydrogen (secondary N) is 3. The summed E-state index contributed by atoms with van der Waals surface area (Å²) in [5, 5.41) is 8.48. The quantitative estimate of drug-likeness (QED) is 0.227. The second-order valence-electron chi connectivity index (χ2n) is 18.6. The van der Waals surface area contributed by atoms with E-state index < -0.39 is 85.4 Å². The van der Waals surface area contributed by atoms with Crippen molar-refractivity contribution >= 4 is 45.5 Å². The molecular weight excluding hydrogens is 753 g/mol. The lowest BCUT2D eigenvalue weighted by molar-refractivity contribution is -0.143. The molecule has 0 bridgehead atoms. The van der Waals surface area contributed by atoms with Crippen LogP contribution in [-0.2, 0) is 46.7 Å². The molecular formula is C41H62N6O9S. The number of primary amides is 1. The van der Waals surface area contributed by atoms with Crippen LogP contribution >= 0.6 is 0 Å². The van der Waals surface area contributed by atoms with Gasteiger partial charge >= 0.3 is 12.1 Å². The topological polar surface area (TPSA) is 214 Å². The molecule has 2 unspecified atom stereocenters. The summed E-state index contributed by atoms with van der Waals surface area (Å²) in [5.74, 6) is -3.57. The number of nitrogens with zero attached hydrogens (tertiary/aromatic N) is 2. The highest BCUT2D eigenvalue weighted by molar-refractivity contribution is 7.92. The van der Waals surface area contributed by atoms with Gasteiger partial charge in [0, 0.05) is 19.5 Å². The van der Waals surface area contributed by atoms with Crippen molar-refractivity contribution in [3.63, 3.8) is 0 Å². The first-order valence-electron chi connectivity index (χ1n) is 20.4. The number of ether oxygens (including phenoxy) is 1. The summed E-state index contributed by atoms with van der Waals surface area (Å²) in [7, 11) is -3.63. The van der Waals surface area contributed by atoms with E-state index in [2.05, 4.69) is 16.0 Å². The maximum Gasteiger partial charge on any atom is 0.410 e. The number of amides is 6. The maximum atomic E-state index is 14.7. The van der Waals surface area contributed by atoms with Crippen LogP contribution in [0.15, 0.2) is 24.3 Å². The molecule has 0 radical (unpaired) electrons. The lowest BCUT2D eigenvalue weighted by atomic mass is 9.80. The number of rotatable bonds is 12. The molecule has 1 aromatic rings. The fourth-order valence-electron chi connectivity index (χ4n) is 8.31. The van der Waals surface area contributed by atoms with Gasteiger partial charge < -0.3 is 36.2 Å². The largest absolute Gasteiger partial charge is 0.444 e. The summed E-state index contributed by atoms with van der Waals surface area (Å²) in [6, 6.07) is 3.49. The van der Waals surface area contributed by atoms with E-state index >= 15 is 0 Å². The lowest BCUT2D eigenvalue weighted by Gasteiger charge is -2.41. The SMILES string of the molecule is CC(C)(C)[C@H](NC(=O)NC1(CS(=O)(=O)C(C)(C)C)CCCCC1)C(=O)N1C[C@H](OC(=O)N2CCc3ccccc3C2)CC1C(=O)NC(CC1CCC1)C(=O)C(N)=O. The Hall–Kier alpha value is -4.21. The highest BCUT2D eigenvalue weighted by atomic mass is 32.2. The molecule has 5 rings (SSSR count). The van der Waals surface area contributed by atoms with Crippen LogP contribution in [0, 0.1) is 11.3 Å². The van der Waals surface area contributed by atoms with Crippen LogP contribution in [0.4, 0.5) is 9.59 Å². The van der Waals surface area contributed by atoms with Gasteiger partial charge in [-0.15, -0.1) is 0 Å². The van der Waals surface area contributed by atoms with E-state index in [9.17, 15) is 37.2 Å². The standard InChI is InChI=1S/C41H62N6O9S/c1-39(2,3)33(44-37(52)45-41(18-10-7-11-19-41)25-57(54,55)40(4,5)6)36(51)47-24-29(56-38(53)46-20-17-27-15-8-9-16-28(27)23-46)22-31(47)35(50)43-30(32(48)34(42)49)21-26-13-12-14-26/h8-9,15-16,26,29-31,33H,7,10-14,17-25H2,1-6H3,(H2,42,49)(H,43,50)(H2,44,45,52)/t29-,30?,31?,33-/m1/s1. The van der Waals surface area contributed by atoms with Crippen molar-refractivity contribution in [3.8, 4) is 0 Å². The molecule has 2 heterocycles. The number of carbonyl (C=O) groups excluding carboxylic acids is 6. The number of fused-ring (bicyclic) bond motifs is 1. The van der Waals surface area contributed by atoms with E-state index in [4.69, 9.17) is 10.5 Å². The minimum atomic E-state index is -3.63. The van der Waals surface area contributed by atoms with Gasteiger partial charge in [0.15, 0.2) is 9.84 Å². The van der Waals surface area contributed by atoms with Crippen molar-refractivity contribution in [1.29, 1.82) is 0 Å². The number of ketones is 1. The van der Waals surface area contributed by atoms with Gasteiger partial charge in [-0.05, 0) is 68.9 Å². The molecule has 5 N–H and O–H groups in total. The highest BCUT2D eigenvalue weighted by Gasteiger charge is 2.48. The Kier molecular flexibility index (Phi) is 13.4. The number of hydrogen-bond donors (Lipinski definition) is 4. The summed E-state index contributed by atoms with van der Waals surface area (Å²) in [6.07, 6.45) is 5.22. The molecule has 57 heavy (non-hydrogen) atoms. The second kappa shape index (κ2) is 17.3. The normalized spacial score (nSPS) is 22.3. The van der Waals surface area contributed by atoms with Crippen LogP contribution in [0.5, 0.6) is 0 Å². The molecule has 0 aromatic heterocycles. The highest BCUT2D eigenvalue weighted by Crippen LogP contribution is 2.34. The summed E-state index contributed by atoms with van der Waals surface area (Å²) >= 11 is 0. The smallest absolute Gasteiger partial charge is 0.410 e. The molecule has 2 aliphatic heterocycles. The van der Waals surface area contributed by atoms with E-state index in [1.165, 1.54) is 4.90 Å². The first-order valence-corrected chi connectivity index (χ1v) is 22.0. The Morgan fingerprint density at radius 1 is 0.930 bits per heavy atom. The Balaban J connectivity index is 1.38. The predicted octanol–water partition coefficient (Wildman–Crippen LogP) is 3.51. The Bertz CT molecular complexity index is 1810. The van der Waals surface area contributed by atoms with Crippen LogP contribution in [0.2, 0.25) is 0 Å². The Labute approximate surface area is 336 Å². The number of carbonyl (C=O) groups is 6. The summed E-state index contributed by atoms with van der Waals surface area (Å²) < 4.78 is 31.7. The van der Waals surface area contributed by atoms with Gasteiger partial charge in [-0.3, -0.25) is 19.2 Å². The van der Waals surface area contributed by atoms with E-state index in [0.717, 1.165) is 49.7 Å². The molecule has 4 aliphatic rings. The van der Waals surface area contributed by atoms with Crippen LogP contribution in [0.3, 0.4) is 0 Å². The number of nitrogens with two attached hydrogens (primary N) is 1. The lowest BCUT2D eigenvalue weighted by Crippen LogP contribution is -2.63. The zero-order valence-electron chi connectivity index (χ0n) is 34.4. The van der Waals surface area contributed by atoms with E-state index in [1.807, 2.05) is 24.3 Å². The molecule has 15 nitrogen and oxygen atoms in total. The average molecular weight is 815 g/mol. The Morgan fingerprint density at radius 2 is 1.58 bits per heavy atom. The third-order valence-electron chi connectivity index (χ3n) is 12.2. The minimum absolute atomic E-state index is 0.0918. The molecule has 1 aromatic carbocycles. The van der Waals surface area contributed by atoms with Gasteiger partial charge in [-0.2, -0.15) is 0 Å². The van der Waals surface area contributed by atoms with Crippen LogP contribution < -0.4 is 21.7 Å². The first-order chi connectivity index (χ1) is 26.6. The maximum absolute atomic E-state index is 14.7. The van der Waals surface area contributed by atoms with Crippen molar-refractivity contribution in [3.05, 3.63) is 35.4 Å². The van der Waals surface area contributed by atoms with E-state index in [-0.39, 0.29) is 31.1 Å². The third kappa shape index (κ3) is 10.7. The van der Waals surface area contributed by atoms with Crippen LogP contribution in [0.1, 0.15) is 117 Å². The summed E-state index contributed by atoms with van der Waals surface area (Å²) in [5.41, 5.74) is 5.58. The van der Waals surface area contributed by atoms with Crippen LogP contribution in [-0.4, -0.2) is 107 Å². The zero-order valence-corrected chi connectivity index (χ0v) is 35.2. The number of sulfone groups is 1. The monoisotopic (exact) mass is 814 g/mol. The van der Waals surface area contributed by atoms with E-state index in [0.29, 0.717) is 32.4 Å². The number of likely N-dealkylation sites (tertiary alicyclic amines) is 1. The minimum Gasteiger partial charge on any atom is -0.444 e. The van der Waals surface area contributed by atoms with Gasteiger partial charge in [0.25, 0.3) is 5.91 Å². The predicted molar refractivity (Wildman–Crippen MR) is 213 cm³/mol. The van der Waals surface area contributed by atoms with Crippen molar-refractivity contribution in [2.75, 3.05) is 18.8 Å². The van der Waals surface area contributed by atoms with Gasteiger partial charge in [-0.1, -0.05) is 83.6 Å². The molecule has 4 atom stereocenters. The number of hydrogen-bond acceptors (Lipinski definition) is 9. The number of benzene rings is 1. The molecule has 16 heteroatoms. The van der Waals surface area contributed by atoms with Gasteiger partial charge in [0.1, 0.15) is 18.2 Å². The van der Waals surface area contributed by atoms with Gasteiger partial charge in [0.05, 0.1) is 28.6 Å². The van der Waals surface area contributed by atoms with Crippen LogP contribution in [0.25, 0.3) is 0 Å². The van der Waals surface area contributed by atoms with Crippen molar-refractivity contribution < 1.29 is 41.9 Å². The molecule has 1 saturated heterocycles. The molecule has 3 fully saturated rings. The van der Waals surface area contributed by atoms with E-state index in [1.54, 1.807) is 46.4 Å². The molecule has 2 saturated carbocycles. The average Bonchev–Trinajstić information content (AvgIpc) is 3.53. The second-order valence-corrected chi connectivity index (χ2v) is 21.4. The number of Topliss-reactive ketones (excluding diaryl/α,β-unsaturated/α-hetero) is 1. The van der Waals surface area contributed by atoms with Gasteiger partial charge in [0.2, 0.25) is 17.6 Å². The zero-order chi connectivity index (χ0) is 41.9. The van der Waals surface area contributed by atoms with Crippen molar-refractivity contribution in [1.82, 2.24) is 25.8 Å². The number of urea groups is 1. The third-order valence-corrected chi connectivity index (χ3v) is 15.0. The Morgan fingerprint density at radius 3 is 2.16 bits per heavy atom. The molecule has 6 amide bonds. The van der Waals surface area contributed by atoms with Crippen molar-refractivity contribution in [2.45, 2.75) is 153 Å².